The topological polar surface area (TPSA) is 118 Å². The lowest BCUT2D eigenvalue weighted by Crippen LogP contribution is -2.34. The van der Waals surface area contributed by atoms with Gasteiger partial charge in [-0.3, -0.25) is 10.1 Å². The number of hydrogen-bond donors (Lipinski definition) is 2. The van der Waals surface area contributed by atoms with Gasteiger partial charge < -0.3 is 10.6 Å². The quantitative estimate of drug-likeness (QED) is 0.494. The van der Waals surface area contributed by atoms with E-state index in [2.05, 4.69) is 10.6 Å². The third-order valence-electron chi connectivity index (χ3n) is 3.72. The summed E-state index contributed by atoms with van der Waals surface area (Å²) >= 11 is 1.00. The summed E-state index contributed by atoms with van der Waals surface area (Å²) in [5, 5.41) is 15.6. The zero-order valence-corrected chi connectivity index (χ0v) is 16.6. The first-order valence-electron chi connectivity index (χ1n) is 8.11. The van der Waals surface area contributed by atoms with E-state index in [4.69, 9.17) is 0 Å². The fourth-order valence-corrected chi connectivity index (χ4v) is 4.64. The van der Waals surface area contributed by atoms with Gasteiger partial charge in [-0.05, 0) is 23.8 Å². The lowest BCUT2D eigenvalue weighted by Gasteiger charge is -2.10. The molecule has 2 aromatic rings. The molecule has 0 saturated heterocycles. The Hall–Kier alpha value is -2.67. The zero-order valence-electron chi connectivity index (χ0n) is 14.9. The van der Waals surface area contributed by atoms with Crippen molar-refractivity contribution in [2.45, 2.75) is 30.4 Å². The maximum Gasteiger partial charge on any atom is 0.416 e. The molecule has 0 saturated carbocycles. The van der Waals surface area contributed by atoms with E-state index in [1.54, 1.807) is 6.07 Å². The first-order chi connectivity index (χ1) is 13.4. The summed E-state index contributed by atoms with van der Waals surface area (Å²) in [5.41, 5.74) is -2.01. The van der Waals surface area contributed by atoms with Crippen LogP contribution in [-0.2, 0) is 29.1 Å². The van der Waals surface area contributed by atoms with Crippen molar-refractivity contribution in [3.8, 4) is 0 Å². The van der Waals surface area contributed by atoms with Gasteiger partial charge in [-0.2, -0.15) is 13.2 Å². The Balaban J connectivity index is 1.99. The molecule has 0 bridgehead atoms. The number of amides is 2. The van der Waals surface area contributed by atoms with E-state index in [9.17, 15) is 36.5 Å². The minimum Gasteiger partial charge on any atom is -0.334 e. The lowest BCUT2D eigenvalue weighted by atomic mass is 10.1. The molecule has 0 atom stereocenters. The molecule has 0 spiro atoms. The molecule has 0 radical (unpaired) electrons. The van der Waals surface area contributed by atoms with Gasteiger partial charge in [-0.15, -0.1) is 11.3 Å². The maximum absolute atomic E-state index is 12.9. The summed E-state index contributed by atoms with van der Waals surface area (Å²) in [6, 6.07) is 4.33. The van der Waals surface area contributed by atoms with Crippen LogP contribution in [0.2, 0.25) is 0 Å². The van der Waals surface area contributed by atoms with Crippen LogP contribution < -0.4 is 10.6 Å². The summed E-state index contributed by atoms with van der Waals surface area (Å²) in [7, 11) is -3.35. The Bertz CT molecular complexity index is 1020. The third-order valence-corrected chi connectivity index (χ3v) is 7.12. The number of nitrogens with zero attached hydrogens (tertiary/aromatic N) is 1. The van der Waals surface area contributed by atoms with Crippen molar-refractivity contribution >= 4 is 32.9 Å². The van der Waals surface area contributed by atoms with Crippen molar-refractivity contribution in [3.05, 3.63) is 56.5 Å². The van der Waals surface area contributed by atoms with Crippen molar-refractivity contribution in [2.24, 2.45) is 0 Å². The van der Waals surface area contributed by atoms with Crippen LogP contribution in [0.1, 0.15) is 22.9 Å². The standard InChI is InChI=1S/C16H16F3N3O5S2/c1-2-29(26,27)14-4-3-13(28-14)9-21-15(23)20-8-10-5-11(16(17,18)19)7-12(6-10)22(24)25/h3-7H,2,8-9H2,1H3,(H2,20,21,23). The minimum atomic E-state index is -4.77. The van der Waals surface area contributed by atoms with Crippen LogP contribution in [0.15, 0.2) is 34.5 Å². The Morgan fingerprint density at radius 1 is 1.17 bits per heavy atom. The highest BCUT2D eigenvalue weighted by Gasteiger charge is 2.32. The summed E-state index contributed by atoms with van der Waals surface area (Å²) in [4.78, 5) is 22.3. The number of non-ortho nitro benzene ring substituents is 1. The van der Waals surface area contributed by atoms with E-state index < -0.39 is 38.2 Å². The van der Waals surface area contributed by atoms with E-state index in [1.165, 1.54) is 13.0 Å². The molecule has 2 N–H and O–H groups in total. The second-order valence-corrected chi connectivity index (χ2v) is 9.48. The Morgan fingerprint density at radius 3 is 2.41 bits per heavy atom. The molecule has 1 aromatic heterocycles. The molecule has 0 aliphatic rings. The predicted molar refractivity (Wildman–Crippen MR) is 99.2 cm³/mol. The van der Waals surface area contributed by atoms with Gasteiger partial charge in [0, 0.05) is 23.6 Å². The van der Waals surface area contributed by atoms with Gasteiger partial charge in [0.2, 0.25) is 0 Å². The molecule has 1 heterocycles. The first kappa shape index (κ1) is 22.6. The fraction of sp³-hybridized carbons (Fsp3) is 0.312. The number of halogens is 3. The molecule has 13 heteroatoms. The second-order valence-electron chi connectivity index (χ2n) is 5.80. The highest BCUT2D eigenvalue weighted by atomic mass is 32.2. The number of sulfone groups is 1. The number of thiophene rings is 1. The van der Waals surface area contributed by atoms with Gasteiger partial charge in [0.05, 0.1) is 22.8 Å². The highest BCUT2D eigenvalue weighted by Crippen LogP contribution is 2.32. The van der Waals surface area contributed by atoms with Gasteiger partial charge in [0.15, 0.2) is 9.84 Å². The van der Waals surface area contributed by atoms with Crippen LogP contribution in [0.25, 0.3) is 0 Å². The SMILES string of the molecule is CCS(=O)(=O)c1ccc(CNC(=O)NCc2cc([N+](=O)[O-])cc(C(F)(F)F)c2)s1. The average molecular weight is 451 g/mol. The Labute approximate surface area is 167 Å². The number of carbonyl (C=O) groups excluding carboxylic acids is 1. The number of rotatable bonds is 7. The number of hydrogen-bond acceptors (Lipinski definition) is 6. The normalized spacial score (nSPS) is 11.9. The van der Waals surface area contributed by atoms with E-state index in [0.717, 1.165) is 17.4 Å². The van der Waals surface area contributed by atoms with Crippen molar-refractivity contribution in [3.63, 3.8) is 0 Å². The number of nitro benzene ring substituents is 1. The second kappa shape index (κ2) is 8.78. The number of alkyl halides is 3. The Morgan fingerprint density at radius 2 is 1.83 bits per heavy atom. The molecule has 0 unspecified atom stereocenters. The number of nitro groups is 1. The van der Waals surface area contributed by atoms with Crippen molar-refractivity contribution in [1.29, 1.82) is 0 Å². The van der Waals surface area contributed by atoms with Crippen LogP contribution in [0.3, 0.4) is 0 Å². The smallest absolute Gasteiger partial charge is 0.334 e. The van der Waals surface area contributed by atoms with E-state index in [0.29, 0.717) is 17.0 Å². The van der Waals surface area contributed by atoms with Gasteiger partial charge in [-0.1, -0.05) is 6.92 Å². The predicted octanol–water partition coefficient (Wildman–Crippen LogP) is 3.47. The summed E-state index contributed by atoms with van der Waals surface area (Å²) in [6.07, 6.45) is -4.77. The lowest BCUT2D eigenvalue weighted by molar-refractivity contribution is -0.385. The van der Waals surface area contributed by atoms with Crippen LogP contribution >= 0.6 is 11.3 Å². The molecule has 8 nitrogen and oxygen atoms in total. The Kier molecular flexibility index (Phi) is 6.85. The molecule has 0 aliphatic carbocycles. The molecule has 29 heavy (non-hydrogen) atoms. The monoisotopic (exact) mass is 451 g/mol. The van der Waals surface area contributed by atoms with E-state index >= 15 is 0 Å². The largest absolute Gasteiger partial charge is 0.416 e. The van der Waals surface area contributed by atoms with Crippen LogP contribution in [-0.4, -0.2) is 25.1 Å². The van der Waals surface area contributed by atoms with Gasteiger partial charge in [-0.25, -0.2) is 13.2 Å². The summed E-state index contributed by atoms with van der Waals surface area (Å²) in [6.45, 7) is 1.16. The van der Waals surface area contributed by atoms with Crippen molar-refractivity contribution < 1.29 is 31.3 Å². The third kappa shape index (κ3) is 6.15. The minimum absolute atomic E-state index is 0.0124. The van der Waals surface area contributed by atoms with Crippen LogP contribution in [0.4, 0.5) is 23.7 Å². The zero-order chi connectivity index (χ0) is 21.8. The van der Waals surface area contributed by atoms with Crippen molar-refractivity contribution in [2.75, 3.05) is 5.75 Å². The van der Waals surface area contributed by atoms with Gasteiger partial charge in [0.1, 0.15) is 4.21 Å². The molecule has 2 rings (SSSR count). The molecule has 0 aliphatic heterocycles. The van der Waals surface area contributed by atoms with E-state index in [-0.39, 0.29) is 28.6 Å². The maximum atomic E-state index is 12.9. The van der Waals surface area contributed by atoms with E-state index in [1.807, 2.05) is 0 Å². The highest BCUT2D eigenvalue weighted by molar-refractivity contribution is 7.93. The average Bonchev–Trinajstić information content (AvgIpc) is 3.13. The first-order valence-corrected chi connectivity index (χ1v) is 10.6. The van der Waals surface area contributed by atoms with Crippen LogP contribution in [0, 0.1) is 10.1 Å². The molecule has 158 valence electrons. The molecular weight excluding hydrogens is 435 g/mol. The number of carbonyl (C=O) groups is 1. The fourth-order valence-electron chi connectivity index (χ4n) is 2.22. The number of urea groups is 1. The molecule has 0 fully saturated rings. The van der Waals surface area contributed by atoms with Gasteiger partial charge in [0.25, 0.3) is 5.69 Å². The molecule has 1 aromatic carbocycles. The van der Waals surface area contributed by atoms with Gasteiger partial charge >= 0.3 is 12.2 Å². The molecule has 2 amide bonds. The summed E-state index contributed by atoms with van der Waals surface area (Å²) in [5.74, 6) is -0.0516. The number of benzene rings is 1. The molecular formula is C16H16F3N3O5S2. The summed E-state index contributed by atoms with van der Waals surface area (Å²) < 4.78 is 62.3. The number of nitrogens with one attached hydrogen (secondary N) is 2. The van der Waals surface area contributed by atoms with Crippen LogP contribution in [0.5, 0.6) is 0 Å². The van der Waals surface area contributed by atoms with Crippen molar-refractivity contribution in [1.82, 2.24) is 10.6 Å².